The van der Waals surface area contributed by atoms with Crippen LogP contribution in [0.3, 0.4) is 0 Å². The molecule has 2 aromatic rings. The van der Waals surface area contributed by atoms with Gasteiger partial charge >= 0.3 is 5.97 Å². The lowest BCUT2D eigenvalue weighted by molar-refractivity contribution is -0.143. The largest absolute Gasteiger partial charge is 0.481 e. The van der Waals surface area contributed by atoms with Crippen LogP contribution in [0.2, 0.25) is 0 Å². The molecule has 1 fully saturated rings. The molecule has 1 aromatic carbocycles. The number of hydrogen-bond acceptors (Lipinski definition) is 4. The van der Waals surface area contributed by atoms with E-state index in [1.54, 1.807) is 6.20 Å². The molecule has 1 aromatic heterocycles. The summed E-state index contributed by atoms with van der Waals surface area (Å²) < 4.78 is 0. The van der Waals surface area contributed by atoms with Gasteiger partial charge in [-0.05, 0) is 55.8 Å². The summed E-state index contributed by atoms with van der Waals surface area (Å²) in [6, 6.07) is 13.3. The number of carboxylic acids is 1. The molecule has 0 spiro atoms. The SMILES string of the molecule is O=C(Cc1ccccn1)Nc1cccc(CN2CCC(C(=O)O)CC2)c1. The Bertz CT molecular complexity index is 756. The number of likely N-dealkylation sites (tertiary alicyclic amines) is 1. The first-order valence-corrected chi connectivity index (χ1v) is 8.84. The maximum Gasteiger partial charge on any atom is 0.306 e. The van der Waals surface area contributed by atoms with Gasteiger partial charge in [-0.15, -0.1) is 0 Å². The number of amides is 1. The molecule has 0 atom stereocenters. The molecule has 0 saturated carbocycles. The molecule has 136 valence electrons. The minimum Gasteiger partial charge on any atom is -0.481 e. The number of carbonyl (C=O) groups excluding carboxylic acids is 1. The van der Waals surface area contributed by atoms with Crippen molar-refractivity contribution >= 4 is 17.6 Å². The Kier molecular flexibility index (Phi) is 5.96. The van der Waals surface area contributed by atoms with Crippen LogP contribution in [0.1, 0.15) is 24.1 Å². The van der Waals surface area contributed by atoms with E-state index in [1.807, 2.05) is 42.5 Å². The number of benzene rings is 1. The van der Waals surface area contributed by atoms with Crippen LogP contribution in [0.15, 0.2) is 48.7 Å². The summed E-state index contributed by atoms with van der Waals surface area (Å²) >= 11 is 0. The van der Waals surface area contributed by atoms with Crippen LogP contribution in [-0.4, -0.2) is 40.0 Å². The summed E-state index contributed by atoms with van der Waals surface area (Å²) in [7, 11) is 0. The van der Waals surface area contributed by atoms with Crippen LogP contribution in [0.5, 0.6) is 0 Å². The number of anilines is 1. The van der Waals surface area contributed by atoms with E-state index in [9.17, 15) is 9.59 Å². The molecule has 1 aliphatic heterocycles. The van der Waals surface area contributed by atoms with Crippen molar-refractivity contribution in [3.8, 4) is 0 Å². The lowest BCUT2D eigenvalue weighted by atomic mass is 9.97. The van der Waals surface area contributed by atoms with Gasteiger partial charge in [0.15, 0.2) is 0 Å². The number of pyridine rings is 1. The topological polar surface area (TPSA) is 82.5 Å². The van der Waals surface area contributed by atoms with Gasteiger partial charge in [-0.25, -0.2) is 0 Å². The van der Waals surface area contributed by atoms with Gasteiger partial charge in [-0.1, -0.05) is 18.2 Å². The van der Waals surface area contributed by atoms with Crippen LogP contribution in [0.4, 0.5) is 5.69 Å². The highest BCUT2D eigenvalue weighted by Gasteiger charge is 2.24. The van der Waals surface area contributed by atoms with E-state index in [2.05, 4.69) is 15.2 Å². The number of nitrogens with one attached hydrogen (secondary N) is 1. The zero-order chi connectivity index (χ0) is 18.4. The number of rotatable bonds is 6. The third-order valence-corrected chi connectivity index (χ3v) is 4.62. The standard InChI is InChI=1S/C20H23N3O3/c24-19(13-17-5-1-2-9-21-17)22-18-6-3-4-15(12-18)14-23-10-7-16(8-11-23)20(25)26/h1-6,9,12,16H,7-8,10-11,13-14H2,(H,22,24)(H,25,26). The summed E-state index contributed by atoms with van der Waals surface area (Å²) in [6.07, 6.45) is 3.30. The monoisotopic (exact) mass is 353 g/mol. The Labute approximate surface area is 152 Å². The molecule has 0 unspecified atom stereocenters. The molecule has 1 aliphatic rings. The molecule has 0 bridgehead atoms. The molecular formula is C20H23N3O3. The van der Waals surface area contributed by atoms with Crippen molar-refractivity contribution in [1.29, 1.82) is 0 Å². The first kappa shape index (κ1) is 18.1. The van der Waals surface area contributed by atoms with Gasteiger partial charge in [0.05, 0.1) is 12.3 Å². The van der Waals surface area contributed by atoms with Crippen LogP contribution in [0.25, 0.3) is 0 Å². The Morgan fingerprint density at radius 1 is 1.15 bits per heavy atom. The van der Waals surface area contributed by atoms with Crippen molar-refractivity contribution in [3.63, 3.8) is 0 Å². The lowest BCUT2D eigenvalue weighted by Gasteiger charge is -2.30. The van der Waals surface area contributed by atoms with Crippen LogP contribution < -0.4 is 5.32 Å². The minimum absolute atomic E-state index is 0.0943. The zero-order valence-corrected chi connectivity index (χ0v) is 14.6. The van der Waals surface area contributed by atoms with Crippen molar-refractivity contribution in [1.82, 2.24) is 9.88 Å². The van der Waals surface area contributed by atoms with Crippen molar-refractivity contribution in [2.75, 3.05) is 18.4 Å². The fraction of sp³-hybridized carbons (Fsp3) is 0.350. The lowest BCUT2D eigenvalue weighted by Crippen LogP contribution is -2.35. The zero-order valence-electron chi connectivity index (χ0n) is 14.6. The Hall–Kier alpha value is -2.73. The summed E-state index contributed by atoms with van der Waals surface area (Å²) in [5.41, 5.74) is 2.61. The molecule has 1 amide bonds. The van der Waals surface area contributed by atoms with Gasteiger partial charge in [0.1, 0.15) is 0 Å². The fourth-order valence-corrected chi connectivity index (χ4v) is 3.22. The average molecular weight is 353 g/mol. The van der Waals surface area contributed by atoms with E-state index < -0.39 is 5.97 Å². The molecule has 3 rings (SSSR count). The van der Waals surface area contributed by atoms with Gasteiger partial charge < -0.3 is 10.4 Å². The Morgan fingerprint density at radius 2 is 1.96 bits per heavy atom. The van der Waals surface area contributed by atoms with Gasteiger partial charge in [-0.3, -0.25) is 19.5 Å². The summed E-state index contributed by atoms with van der Waals surface area (Å²) in [6.45, 7) is 2.33. The fourth-order valence-electron chi connectivity index (χ4n) is 3.22. The number of aliphatic carboxylic acids is 1. The second kappa shape index (κ2) is 8.58. The van der Waals surface area contributed by atoms with E-state index in [4.69, 9.17) is 5.11 Å². The number of carboxylic acid groups (broad SMARTS) is 1. The highest BCUT2D eigenvalue weighted by molar-refractivity contribution is 5.92. The van der Waals surface area contributed by atoms with E-state index in [0.717, 1.165) is 36.6 Å². The number of aromatic nitrogens is 1. The van der Waals surface area contributed by atoms with Crippen molar-refractivity contribution in [3.05, 3.63) is 59.9 Å². The van der Waals surface area contributed by atoms with E-state index in [0.29, 0.717) is 12.8 Å². The minimum atomic E-state index is -0.692. The quantitative estimate of drug-likeness (QED) is 0.834. The highest BCUT2D eigenvalue weighted by atomic mass is 16.4. The third kappa shape index (κ3) is 5.13. The number of carbonyl (C=O) groups is 2. The van der Waals surface area contributed by atoms with Crippen molar-refractivity contribution in [2.24, 2.45) is 5.92 Å². The molecule has 0 aliphatic carbocycles. The van der Waals surface area contributed by atoms with Gasteiger partial charge in [0.25, 0.3) is 0 Å². The van der Waals surface area contributed by atoms with E-state index in [1.165, 1.54) is 0 Å². The van der Waals surface area contributed by atoms with Crippen molar-refractivity contribution < 1.29 is 14.7 Å². The van der Waals surface area contributed by atoms with Crippen molar-refractivity contribution in [2.45, 2.75) is 25.8 Å². The summed E-state index contributed by atoms with van der Waals surface area (Å²) in [5, 5.41) is 12.0. The van der Waals surface area contributed by atoms with E-state index >= 15 is 0 Å². The number of piperidine rings is 1. The normalized spacial score (nSPS) is 15.5. The summed E-state index contributed by atoms with van der Waals surface area (Å²) in [5.74, 6) is -1.01. The smallest absolute Gasteiger partial charge is 0.306 e. The van der Waals surface area contributed by atoms with Gasteiger partial charge in [0.2, 0.25) is 5.91 Å². The molecule has 6 nitrogen and oxygen atoms in total. The molecule has 26 heavy (non-hydrogen) atoms. The predicted octanol–water partition coefficient (Wildman–Crippen LogP) is 2.56. The third-order valence-electron chi connectivity index (χ3n) is 4.62. The Balaban J connectivity index is 1.53. The maximum absolute atomic E-state index is 12.2. The molecule has 0 radical (unpaired) electrons. The maximum atomic E-state index is 12.2. The van der Waals surface area contributed by atoms with Crippen LogP contribution in [0, 0.1) is 5.92 Å². The molecule has 2 N–H and O–H groups in total. The second-order valence-electron chi connectivity index (χ2n) is 6.64. The molecule has 6 heteroatoms. The average Bonchev–Trinajstić information content (AvgIpc) is 2.63. The van der Waals surface area contributed by atoms with E-state index in [-0.39, 0.29) is 18.2 Å². The van der Waals surface area contributed by atoms with Crippen LogP contribution in [-0.2, 0) is 22.6 Å². The Morgan fingerprint density at radius 3 is 2.65 bits per heavy atom. The van der Waals surface area contributed by atoms with Gasteiger partial charge in [-0.2, -0.15) is 0 Å². The predicted molar refractivity (Wildman–Crippen MR) is 98.6 cm³/mol. The number of nitrogens with zero attached hydrogens (tertiary/aromatic N) is 2. The highest BCUT2D eigenvalue weighted by Crippen LogP contribution is 2.20. The van der Waals surface area contributed by atoms with Gasteiger partial charge in [0, 0.05) is 24.1 Å². The molecule has 2 heterocycles. The first-order valence-electron chi connectivity index (χ1n) is 8.84. The van der Waals surface area contributed by atoms with Crippen LogP contribution >= 0.6 is 0 Å². The second-order valence-corrected chi connectivity index (χ2v) is 6.64. The molecular weight excluding hydrogens is 330 g/mol. The molecule has 1 saturated heterocycles. The number of hydrogen-bond donors (Lipinski definition) is 2. The summed E-state index contributed by atoms with van der Waals surface area (Å²) in [4.78, 5) is 29.6. The first-order chi connectivity index (χ1) is 12.6.